The van der Waals surface area contributed by atoms with Crippen molar-refractivity contribution in [3.8, 4) is 0 Å². The molecular formula is C16H22N2O2S. The van der Waals surface area contributed by atoms with E-state index in [9.17, 15) is 4.79 Å². The van der Waals surface area contributed by atoms with E-state index in [0.717, 1.165) is 25.7 Å². The molecule has 0 fully saturated rings. The molecule has 0 aliphatic heterocycles. The average molecular weight is 306 g/mol. The van der Waals surface area contributed by atoms with Gasteiger partial charge in [0.25, 0.3) is 0 Å². The van der Waals surface area contributed by atoms with Gasteiger partial charge in [-0.1, -0.05) is 26.7 Å². The van der Waals surface area contributed by atoms with Crippen LogP contribution in [0.5, 0.6) is 0 Å². The number of esters is 1. The van der Waals surface area contributed by atoms with Gasteiger partial charge in [0.1, 0.15) is 4.88 Å². The first-order chi connectivity index (χ1) is 10.3. The third kappa shape index (κ3) is 4.17. The Hall–Kier alpha value is -1.62. The molecule has 0 bridgehead atoms. The highest BCUT2D eigenvalue weighted by atomic mass is 32.1. The molecule has 0 radical (unpaired) electrons. The van der Waals surface area contributed by atoms with Crippen LogP contribution in [-0.2, 0) is 4.74 Å². The van der Waals surface area contributed by atoms with Crippen LogP contribution in [0.2, 0.25) is 0 Å². The number of aromatic nitrogens is 2. The van der Waals surface area contributed by atoms with Gasteiger partial charge in [0.15, 0.2) is 0 Å². The van der Waals surface area contributed by atoms with E-state index in [-0.39, 0.29) is 12.0 Å². The summed E-state index contributed by atoms with van der Waals surface area (Å²) < 4.78 is 7.36. The smallest absolute Gasteiger partial charge is 0.348 e. The van der Waals surface area contributed by atoms with E-state index < -0.39 is 0 Å². The van der Waals surface area contributed by atoms with Crippen LogP contribution in [-0.4, -0.2) is 22.1 Å². The van der Waals surface area contributed by atoms with Gasteiger partial charge in [-0.05, 0) is 25.0 Å². The first kappa shape index (κ1) is 15.8. The lowest BCUT2D eigenvalue weighted by Gasteiger charge is -2.15. The summed E-state index contributed by atoms with van der Waals surface area (Å²) in [5.41, 5.74) is 0. The van der Waals surface area contributed by atoms with Crippen molar-refractivity contribution in [1.82, 2.24) is 9.55 Å². The number of rotatable bonds is 8. The summed E-state index contributed by atoms with van der Waals surface area (Å²) in [4.78, 5) is 17.9. The molecule has 0 aliphatic rings. The fourth-order valence-electron chi connectivity index (χ4n) is 2.19. The zero-order valence-electron chi connectivity index (χ0n) is 12.6. The molecule has 0 saturated carbocycles. The van der Waals surface area contributed by atoms with Crippen LogP contribution >= 0.6 is 11.3 Å². The quantitative estimate of drug-likeness (QED) is 0.540. The van der Waals surface area contributed by atoms with Crippen molar-refractivity contribution in [3.05, 3.63) is 40.6 Å². The second kappa shape index (κ2) is 7.98. The number of unbranched alkanes of at least 4 members (excludes halogenated alkanes) is 1. The third-order valence-corrected chi connectivity index (χ3v) is 4.50. The lowest BCUT2D eigenvalue weighted by molar-refractivity contribution is 0.0505. The molecule has 2 aromatic rings. The second-order valence-corrected chi connectivity index (χ2v) is 6.12. The maximum absolute atomic E-state index is 12.0. The molecule has 2 aromatic heterocycles. The van der Waals surface area contributed by atoms with Crippen molar-refractivity contribution < 1.29 is 9.53 Å². The van der Waals surface area contributed by atoms with E-state index in [1.807, 2.05) is 24.7 Å². The van der Waals surface area contributed by atoms with Crippen LogP contribution in [0.25, 0.3) is 0 Å². The largest absolute Gasteiger partial charge is 0.462 e. The van der Waals surface area contributed by atoms with E-state index in [0.29, 0.717) is 11.5 Å². The number of carbonyl (C=O) groups is 1. The Morgan fingerprint density at radius 1 is 1.38 bits per heavy atom. The van der Waals surface area contributed by atoms with E-state index in [2.05, 4.69) is 23.4 Å². The minimum Gasteiger partial charge on any atom is -0.462 e. The molecule has 0 aromatic carbocycles. The Morgan fingerprint density at radius 2 is 2.24 bits per heavy atom. The number of hydrogen-bond acceptors (Lipinski definition) is 4. The van der Waals surface area contributed by atoms with Gasteiger partial charge in [0, 0.05) is 17.3 Å². The number of carbonyl (C=O) groups excluding carboxylic acids is 1. The fourth-order valence-corrected chi connectivity index (χ4v) is 3.23. The molecule has 0 aliphatic carbocycles. The van der Waals surface area contributed by atoms with Crippen molar-refractivity contribution in [2.75, 3.05) is 6.61 Å². The van der Waals surface area contributed by atoms with Crippen LogP contribution in [0.3, 0.4) is 0 Å². The molecule has 0 spiro atoms. The van der Waals surface area contributed by atoms with Crippen LogP contribution < -0.4 is 0 Å². The Balaban J connectivity index is 2.08. The standard InChI is InChI=1S/C16H22N2O2S/c1-3-5-11-20-16(19)15-8-7-14(21-15)13(6-4-2)18-10-9-17-12-18/h7-10,12-13H,3-6,11H2,1-2H3. The molecule has 0 amide bonds. The molecule has 114 valence electrons. The first-order valence-corrected chi connectivity index (χ1v) is 8.32. The molecular weight excluding hydrogens is 284 g/mol. The van der Waals surface area contributed by atoms with Gasteiger partial charge < -0.3 is 9.30 Å². The van der Waals surface area contributed by atoms with Gasteiger partial charge >= 0.3 is 5.97 Å². The number of nitrogens with zero attached hydrogens (tertiary/aromatic N) is 2. The Morgan fingerprint density at radius 3 is 2.90 bits per heavy atom. The number of thiophene rings is 1. The Bertz CT molecular complexity index is 548. The second-order valence-electron chi connectivity index (χ2n) is 5.01. The summed E-state index contributed by atoms with van der Waals surface area (Å²) in [6.45, 7) is 4.75. The number of hydrogen-bond donors (Lipinski definition) is 0. The number of ether oxygens (including phenoxy) is 1. The maximum Gasteiger partial charge on any atom is 0.348 e. The maximum atomic E-state index is 12.0. The zero-order valence-corrected chi connectivity index (χ0v) is 13.4. The molecule has 21 heavy (non-hydrogen) atoms. The summed E-state index contributed by atoms with van der Waals surface area (Å²) in [6, 6.07) is 4.15. The minimum atomic E-state index is -0.208. The van der Waals surface area contributed by atoms with E-state index in [4.69, 9.17) is 4.74 Å². The highest BCUT2D eigenvalue weighted by Crippen LogP contribution is 2.30. The van der Waals surface area contributed by atoms with Crippen LogP contribution in [0.1, 0.15) is 60.1 Å². The monoisotopic (exact) mass is 306 g/mol. The highest BCUT2D eigenvalue weighted by molar-refractivity contribution is 7.14. The molecule has 0 N–H and O–H groups in total. The Kier molecular flexibility index (Phi) is 5.99. The van der Waals surface area contributed by atoms with Crippen LogP contribution in [0.4, 0.5) is 0 Å². The Labute approximate surface area is 129 Å². The SMILES string of the molecule is CCCCOC(=O)c1ccc(C(CCC)n2ccnc2)s1. The summed E-state index contributed by atoms with van der Waals surface area (Å²) in [5, 5.41) is 0. The van der Waals surface area contributed by atoms with Gasteiger partial charge in [0.05, 0.1) is 19.0 Å². The average Bonchev–Trinajstić information content (AvgIpc) is 3.16. The van der Waals surface area contributed by atoms with Crippen LogP contribution in [0, 0.1) is 0 Å². The summed E-state index contributed by atoms with van der Waals surface area (Å²) in [5.74, 6) is -0.208. The molecule has 1 unspecified atom stereocenters. The topological polar surface area (TPSA) is 44.1 Å². The number of imidazole rings is 1. The molecule has 0 saturated heterocycles. The van der Waals surface area contributed by atoms with Crippen molar-refractivity contribution in [2.45, 2.75) is 45.6 Å². The van der Waals surface area contributed by atoms with Gasteiger partial charge in [0.2, 0.25) is 0 Å². The van der Waals surface area contributed by atoms with Gasteiger partial charge in [-0.15, -0.1) is 11.3 Å². The molecule has 2 rings (SSSR count). The molecule has 4 nitrogen and oxygen atoms in total. The first-order valence-electron chi connectivity index (χ1n) is 7.50. The predicted molar refractivity (Wildman–Crippen MR) is 84.8 cm³/mol. The minimum absolute atomic E-state index is 0.208. The van der Waals surface area contributed by atoms with E-state index in [1.165, 1.54) is 16.2 Å². The normalized spacial score (nSPS) is 12.3. The van der Waals surface area contributed by atoms with Crippen molar-refractivity contribution in [3.63, 3.8) is 0 Å². The van der Waals surface area contributed by atoms with Crippen LogP contribution in [0.15, 0.2) is 30.9 Å². The van der Waals surface area contributed by atoms with Crippen molar-refractivity contribution >= 4 is 17.3 Å². The predicted octanol–water partition coefficient (Wildman–Crippen LogP) is 4.29. The van der Waals surface area contributed by atoms with Gasteiger partial charge in [-0.2, -0.15) is 0 Å². The summed E-state index contributed by atoms with van der Waals surface area (Å²) in [7, 11) is 0. The van der Waals surface area contributed by atoms with Gasteiger partial charge in [-0.3, -0.25) is 0 Å². The molecule has 2 heterocycles. The third-order valence-electron chi connectivity index (χ3n) is 3.33. The molecule has 5 heteroatoms. The lowest BCUT2D eigenvalue weighted by atomic mass is 10.1. The lowest BCUT2D eigenvalue weighted by Crippen LogP contribution is -2.07. The zero-order chi connectivity index (χ0) is 15.1. The van der Waals surface area contributed by atoms with E-state index >= 15 is 0 Å². The summed E-state index contributed by atoms with van der Waals surface area (Å²) in [6.07, 6.45) is 9.65. The van der Waals surface area contributed by atoms with Gasteiger partial charge in [-0.25, -0.2) is 9.78 Å². The van der Waals surface area contributed by atoms with Crippen molar-refractivity contribution in [2.24, 2.45) is 0 Å². The van der Waals surface area contributed by atoms with E-state index in [1.54, 1.807) is 6.20 Å². The fraction of sp³-hybridized carbons (Fsp3) is 0.500. The van der Waals surface area contributed by atoms with Crippen molar-refractivity contribution in [1.29, 1.82) is 0 Å². The molecule has 1 atom stereocenters. The highest BCUT2D eigenvalue weighted by Gasteiger charge is 2.17. The summed E-state index contributed by atoms with van der Waals surface area (Å²) >= 11 is 1.52.